The number of carbonyl (C=O) groups excluding carboxylic acids is 2. The smallest absolute Gasteiger partial charge is 0.273 e. The molecule has 0 aliphatic rings. The number of aromatic nitrogens is 4. The van der Waals surface area contributed by atoms with Gasteiger partial charge in [0.2, 0.25) is 5.91 Å². The van der Waals surface area contributed by atoms with E-state index in [4.69, 9.17) is 0 Å². The van der Waals surface area contributed by atoms with Gasteiger partial charge in [0, 0.05) is 27.1 Å². The molecule has 0 spiro atoms. The highest BCUT2D eigenvalue weighted by Gasteiger charge is 2.13. The molecule has 0 aliphatic heterocycles. The molecular formula is C16H18N6O2S. The van der Waals surface area contributed by atoms with Crippen LogP contribution in [0.25, 0.3) is 10.2 Å². The van der Waals surface area contributed by atoms with Crippen LogP contribution in [-0.2, 0) is 17.8 Å². The van der Waals surface area contributed by atoms with Crippen LogP contribution in [0.1, 0.15) is 15.5 Å². The highest BCUT2D eigenvalue weighted by atomic mass is 32.1. The van der Waals surface area contributed by atoms with Crippen molar-refractivity contribution < 1.29 is 9.59 Å². The van der Waals surface area contributed by atoms with Crippen LogP contribution in [0.3, 0.4) is 0 Å². The predicted octanol–water partition coefficient (Wildman–Crippen LogP) is 0.948. The zero-order chi connectivity index (χ0) is 17.8. The Morgan fingerprint density at radius 1 is 1.28 bits per heavy atom. The fourth-order valence-corrected chi connectivity index (χ4v) is 3.13. The molecule has 3 aromatic rings. The van der Waals surface area contributed by atoms with E-state index in [1.54, 1.807) is 25.4 Å². The minimum atomic E-state index is -0.315. The molecule has 2 aromatic heterocycles. The van der Waals surface area contributed by atoms with Crippen molar-refractivity contribution in [2.45, 2.75) is 13.0 Å². The summed E-state index contributed by atoms with van der Waals surface area (Å²) in [5, 5.41) is 11.4. The van der Waals surface area contributed by atoms with Gasteiger partial charge in [0.25, 0.3) is 5.91 Å². The lowest BCUT2D eigenvalue weighted by Gasteiger charge is -2.08. The number of hydrogen-bond donors (Lipinski definition) is 1. The van der Waals surface area contributed by atoms with E-state index in [0.29, 0.717) is 13.0 Å². The van der Waals surface area contributed by atoms with Gasteiger partial charge in [0.15, 0.2) is 5.69 Å². The Hall–Kier alpha value is -2.81. The quantitative estimate of drug-likeness (QED) is 0.708. The lowest BCUT2D eigenvalue weighted by molar-refractivity contribution is -0.129. The molecule has 25 heavy (non-hydrogen) atoms. The summed E-state index contributed by atoms with van der Waals surface area (Å²) < 4.78 is 2.49. The summed E-state index contributed by atoms with van der Waals surface area (Å²) in [6, 6.07) is 7.94. The summed E-state index contributed by atoms with van der Waals surface area (Å²) in [4.78, 5) is 29.7. The average molecular weight is 358 g/mol. The normalized spacial score (nSPS) is 10.8. The first-order valence-corrected chi connectivity index (χ1v) is 8.57. The van der Waals surface area contributed by atoms with Gasteiger partial charge < -0.3 is 10.2 Å². The molecule has 0 atom stereocenters. The van der Waals surface area contributed by atoms with Gasteiger partial charge in [-0.25, -0.2) is 9.67 Å². The first-order valence-electron chi connectivity index (χ1n) is 7.76. The van der Waals surface area contributed by atoms with Crippen molar-refractivity contribution in [3.63, 3.8) is 0 Å². The van der Waals surface area contributed by atoms with Gasteiger partial charge in [-0.05, 0) is 12.1 Å². The van der Waals surface area contributed by atoms with Crippen molar-refractivity contribution >= 4 is 33.4 Å². The first-order chi connectivity index (χ1) is 12.0. The third kappa shape index (κ3) is 4.18. The Bertz CT molecular complexity index is 868. The monoisotopic (exact) mass is 358 g/mol. The number of nitrogens with zero attached hydrogens (tertiary/aromatic N) is 5. The second-order valence-electron chi connectivity index (χ2n) is 5.67. The number of hydrogen-bond acceptors (Lipinski definition) is 6. The second kappa shape index (κ2) is 7.39. The van der Waals surface area contributed by atoms with E-state index in [-0.39, 0.29) is 24.1 Å². The second-order valence-corrected chi connectivity index (χ2v) is 6.79. The SMILES string of the molecule is CN(C)C(=O)Cn1cc(C(=O)NCCc2nc3ccccc3s2)nn1. The summed E-state index contributed by atoms with van der Waals surface area (Å²) in [6.07, 6.45) is 2.12. The number of likely N-dealkylation sites (N-methyl/N-ethyl adjacent to an activating group) is 1. The number of amides is 2. The van der Waals surface area contributed by atoms with Crippen molar-refractivity contribution in [2.24, 2.45) is 0 Å². The molecule has 0 saturated carbocycles. The molecule has 0 bridgehead atoms. The van der Waals surface area contributed by atoms with Crippen LogP contribution < -0.4 is 5.32 Å². The van der Waals surface area contributed by atoms with Gasteiger partial charge in [0.05, 0.1) is 21.4 Å². The average Bonchev–Trinajstić information content (AvgIpc) is 3.20. The van der Waals surface area contributed by atoms with Crippen molar-refractivity contribution in [1.29, 1.82) is 0 Å². The van der Waals surface area contributed by atoms with E-state index in [1.807, 2.05) is 24.3 Å². The number of thiazole rings is 1. The molecule has 130 valence electrons. The summed E-state index contributed by atoms with van der Waals surface area (Å²) >= 11 is 1.62. The van der Waals surface area contributed by atoms with Gasteiger partial charge in [0.1, 0.15) is 6.54 Å². The van der Waals surface area contributed by atoms with Crippen LogP contribution >= 0.6 is 11.3 Å². The Morgan fingerprint density at radius 2 is 2.08 bits per heavy atom. The van der Waals surface area contributed by atoms with E-state index in [0.717, 1.165) is 15.2 Å². The lowest BCUT2D eigenvalue weighted by atomic mass is 10.3. The molecule has 2 heterocycles. The van der Waals surface area contributed by atoms with Crippen LogP contribution in [-0.4, -0.2) is 57.3 Å². The Morgan fingerprint density at radius 3 is 2.84 bits per heavy atom. The molecule has 0 saturated heterocycles. The Labute approximate surface area is 148 Å². The van der Waals surface area contributed by atoms with E-state index < -0.39 is 0 Å². The Balaban J connectivity index is 1.52. The largest absolute Gasteiger partial charge is 0.350 e. The number of rotatable bonds is 6. The van der Waals surface area contributed by atoms with Crippen molar-refractivity contribution in [1.82, 2.24) is 30.2 Å². The lowest BCUT2D eigenvalue weighted by Crippen LogP contribution is -2.27. The number of fused-ring (bicyclic) bond motifs is 1. The number of benzene rings is 1. The standard InChI is InChI=1S/C16H18N6O2S/c1-21(2)15(23)10-22-9-12(19-20-22)16(24)17-8-7-14-18-11-5-3-4-6-13(11)25-14/h3-6,9H,7-8,10H2,1-2H3,(H,17,24). The predicted molar refractivity (Wildman–Crippen MR) is 94.4 cm³/mol. The van der Waals surface area contributed by atoms with Crippen molar-refractivity contribution in [3.8, 4) is 0 Å². The highest BCUT2D eigenvalue weighted by Crippen LogP contribution is 2.21. The van der Waals surface area contributed by atoms with Gasteiger partial charge in [-0.2, -0.15) is 0 Å². The third-order valence-electron chi connectivity index (χ3n) is 3.53. The molecule has 3 rings (SSSR count). The van der Waals surface area contributed by atoms with Crippen LogP contribution in [0.15, 0.2) is 30.5 Å². The zero-order valence-corrected chi connectivity index (χ0v) is 14.8. The molecule has 0 aliphatic carbocycles. The number of nitrogens with one attached hydrogen (secondary N) is 1. The summed E-state index contributed by atoms with van der Waals surface area (Å²) in [5.41, 5.74) is 1.16. The topological polar surface area (TPSA) is 93.0 Å². The van der Waals surface area contributed by atoms with Gasteiger partial charge >= 0.3 is 0 Å². The van der Waals surface area contributed by atoms with Gasteiger partial charge in [-0.3, -0.25) is 9.59 Å². The maximum absolute atomic E-state index is 12.1. The molecule has 0 unspecified atom stereocenters. The zero-order valence-electron chi connectivity index (χ0n) is 14.0. The van der Waals surface area contributed by atoms with Crippen LogP contribution in [0.4, 0.5) is 0 Å². The minimum Gasteiger partial charge on any atom is -0.350 e. The minimum absolute atomic E-state index is 0.0545. The number of para-hydroxylation sites is 1. The maximum atomic E-state index is 12.1. The summed E-state index contributed by atoms with van der Waals surface area (Å²) in [7, 11) is 3.32. The molecule has 0 radical (unpaired) electrons. The fourth-order valence-electron chi connectivity index (χ4n) is 2.16. The molecule has 9 heteroatoms. The van der Waals surface area contributed by atoms with Gasteiger partial charge in [-0.1, -0.05) is 17.3 Å². The van der Waals surface area contributed by atoms with E-state index in [1.165, 1.54) is 15.8 Å². The van der Waals surface area contributed by atoms with Crippen LogP contribution in [0, 0.1) is 0 Å². The van der Waals surface area contributed by atoms with Crippen LogP contribution in [0.5, 0.6) is 0 Å². The highest BCUT2D eigenvalue weighted by molar-refractivity contribution is 7.18. The maximum Gasteiger partial charge on any atom is 0.273 e. The molecular weight excluding hydrogens is 340 g/mol. The van der Waals surface area contributed by atoms with E-state index in [9.17, 15) is 9.59 Å². The summed E-state index contributed by atoms with van der Waals surface area (Å²) in [5.74, 6) is -0.433. The van der Waals surface area contributed by atoms with E-state index in [2.05, 4.69) is 20.6 Å². The Kier molecular flexibility index (Phi) is 5.03. The van der Waals surface area contributed by atoms with Crippen molar-refractivity contribution in [2.75, 3.05) is 20.6 Å². The molecule has 2 amide bonds. The fraction of sp³-hybridized carbons (Fsp3) is 0.312. The molecule has 1 aromatic carbocycles. The van der Waals surface area contributed by atoms with E-state index >= 15 is 0 Å². The van der Waals surface area contributed by atoms with Gasteiger partial charge in [-0.15, -0.1) is 16.4 Å². The first kappa shape index (κ1) is 17.0. The molecule has 1 N–H and O–H groups in total. The molecule has 8 nitrogen and oxygen atoms in total. The summed E-state index contributed by atoms with van der Waals surface area (Å²) in [6.45, 7) is 0.515. The molecule has 0 fully saturated rings. The third-order valence-corrected chi connectivity index (χ3v) is 4.63. The van der Waals surface area contributed by atoms with Crippen molar-refractivity contribution in [3.05, 3.63) is 41.2 Å². The number of carbonyl (C=O) groups is 2. The van der Waals surface area contributed by atoms with Crippen LogP contribution in [0.2, 0.25) is 0 Å².